The van der Waals surface area contributed by atoms with Gasteiger partial charge in [0.25, 0.3) is 0 Å². The normalized spacial score (nSPS) is 11.1. The monoisotopic (exact) mass is 213 g/mol. The third-order valence-corrected chi connectivity index (χ3v) is 2.29. The maximum Gasteiger partial charge on any atom is 0.171 e. The minimum atomic E-state index is -1.06. The van der Waals surface area contributed by atoms with Gasteiger partial charge >= 0.3 is 0 Å². The fourth-order valence-corrected chi connectivity index (χ4v) is 1.55. The standard InChI is InChI=1S/C10H9ClFNO/c1-10(2,5-13)8-6(11)3-4-7(14)9(8)12/h3-4,14H,1-2H3. The SMILES string of the molecule is CC(C)(C#N)c1c(Cl)ccc(O)c1F. The Morgan fingerprint density at radius 1 is 1.50 bits per heavy atom. The van der Waals surface area contributed by atoms with Crippen LogP contribution in [0, 0.1) is 17.1 Å². The lowest BCUT2D eigenvalue weighted by Gasteiger charge is -2.18. The summed E-state index contributed by atoms with van der Waals surface area (Å²) >= 11 is 5.76. The average molecular weight is 214 g/mol. The first kappa shape index (κ1) is 10.8. The van der Waals surface area contributed by atoms with Crippen LogP contribution in [-0.2, 0) is 5.41 Å². The van der Waals surface area contributed by atoms with Crippen LogP contribution in [-0.4, -0.2) is 5.11 Å². The van der Waals surface area contributed by atoms with Gasteiger partial charge in [-0.2, -0.15) is 5.26 Å². The largest absolute Gasteiger partial charge is 0.505 e. The van der Waals surface area contributed by atoms with E-state index in [9.17, 15) is 4.39 Å². The molecule has 0 saturated heterocycles. The third-order valence-electron chi connectivity index (χ3n) is 1.98. The fraction of sp³-hybridized carbons (Fsp3) is 0.300. The highest BCUT2D eigenvalue weighted by atomic mass is 35.5. The first-order chi connectivity index (χ1) is 6.40. The lowest BCUT2D eigenvalue weighted by atomic mass is 9.86. The van der Waals surface area contributed by atoms with Gasteiger partial charge in [0.1, 0.15) is 0 Å². The number of halogens is 2. The van der Waals surface area contributed by atoms with Crippen molar-refractivity contribution in [1.29, 1.82) is 5.26 Å². The summed E-state index contributed by atoms with van der Waals surface area (Å²) in [4.78, 5) is 0. The van der Waals surface area contributed by atoms with Crippen molar-refractivity contribution in [3.8, 4) is 11.8 Å². The molecule has 0 aliphatic rings. The number of benzene rings is 1. The molecule has 1 N–H and O–H groups in total. The number of nitrogens with zero attached hydrogens (tertiary/aromatic N) is 1. The second kappa shape index (κ2) is 3.47. The van der Waals surface area contributed by atoms with Crippen molar-refractivity contribution in [2.24, 2.45) is 0 Å². The molecule has 0 aliphatic heterocycles. The van der Waals surface area contributed by atoms with Crippen LogP contribution in [0.3, 0.4) is 0 Å². The van der Waals surface area contributed by atoms with E-state index in [1.807, 2.05) is 6.07 Å². The topological polar surface area (TPSA) is 44.0 Å². The molecule has 0 bridgehead atoms. The minimum Gasteiger partial charge on any atom is -0.505 e. The summed E-state index contributed by atoms with van der Waals surface area (Å²) in [6, 6.07) is 4.46. The number of phenolic OH excluding ortho intramolecular Hbond substituents is 1. The van der Waals surface area contributed by atoms with Gasteiger partial charge in [0.15, 0.2) is 11.6 Å². The maximum absolute atomic E-state index is 13.5. The zero-order chi connectivity index (χ0) is 10.9. The van der Waals surface area contributed by atoms with Crippen LogP contribution in [0.15, 0.2) is 12.1 Å². The predicted octanol–water partition coefficient (Wildman–Crippen LogP) is 2.99. The molecule has 0 aromatic heterocycles. The molecule has 0 spiro atoms. The molecule has 1 aromatic rings. The van der Waals surface area contributed by atoms with E-state index in [2.05, 4.69) is 0 Å². The molecule has 0 radical (unpaired) electrons. The predicted molar refractivity (Wildman–Crippen MR) is 51.7 cm³/mol. The number of nitriles is 1. The van der Waals surface area contributed by atoms with Gasteiger partial charge in [-0.05, 0) is 26.0 Å². The minimum absolute atomic E-state index is 0.0293. The Morgan fingerprint density at radius 3 is 2.57 bits per heavy atom. The Morgan fingerprint density at radius 2 is 2.07 bits per heavy atom. The number of hydrogen-bond donors (Lipinski definition) is 1. The second-order valence-corrected chi connectivity index (χ2v) is 3.90. The Hall–Kier alpha value is -1.27. The summed E-state index contributed by atoms with van der Waals surface area (Å²) < 4.78 is 13.5. The van der Waals surface area contributed by atoms with Gasteiger partial charge in [-0.15, -0.1) is 0 Å². The fourth-order valence-electron chi connectivity index (χ4n) is 1.17. The molecule has 14 heavy (non-hydrogen) atoms. The summed E-state index contributed by atoms with van der Waals surface area (Å²) in [6.45, 7) is 3.08. The van der Waals surface area contributed by atoms with E-state index in [1.54, 1.807) is 0 Å². The summed E-state index contributed by atoms with van der Waals surface area (Å²) in [5.74, 6) is -1.32. The van der Waals surface area contributed by atoms with Crippen molar-refractivity contribution < 1.29 is 9.50 Å². The summed E-state index contributed by atoms with van der Waals surface area (Å²) in [5.41, 5.74) is -1.03. The second-order valence-electron chi connectivity index (χ2n) is 3.49. The third kappa shape index (κ3) is 1.66. The molecule has 1 aromatic carbocycles. The zero-order valence-electron chi connectivity index (χ0n) is 7.81. The first-order valence-electron chi connectivity index (χ1n) is 3.99. The molecule has 74 valence electrons. The lowest BCUT2D eigenvalue weighted by Crippen LogP contribution is -2.16. The van der Waals surface area contributed by atoms with Crippen LogP contribution < -0.4 is 0 Å². The zero-order valence-corrected chi connectivity index (χ0v) is 8.56. The van der Waals surface area contributed by atoms with E-state index in [-0.39, 0.29) is 10.6 Å². The van der Waals surface area contributed by atoms with Crippen molar-refractivity contribution >= 4 is 11.6 Å². The summed E-state index contributed by atoms with van der Waals surface area (Å²) in [7, 11) is 0. The van der Waals surface area contributed by atoms with Crippen molar-refractivity contribution in [1.82, 2.24) is 0 Å². The number of rotatable bonds is 1. The van der Waals surface area contributed by atoms with Crippen LogP contribution in [0.25, 0.3) is 0 Å². The smallest absolute Gasteiger partial charge is 0.171 e. The first-order valence-corrected chi connectivity index (χ1v) is 4.36. The molecule has 2 nitrogen and oxygen atoms in total. The van der Waals surface area contributed by atoms with Crippen LogP contribution in [0.1, 0.15) is 19.4 Å². The van der Waals surface area contributed by atoms with Gasteiger partial charge in [0.05, 0.1) is 11.5 Å². The van der Waals surface area contributed by atoms with Crippen molar-refractivity contribution in [2.45, 2.75) is 19.3 Å². The van der Waals surface area contributed by atoms with Gasteiger partial charge in [-0.3, -0.25) is 0 Å². The Kier molecular flexibility index (Phi) is 2.68. The highest BCUT2D eigenvalue weighted by Gasteiger charge is 2.28. The molecule has 4 heteroatoms. The average Bonchev–Trinajstić information content (AvgIpc) is 2.12. The van der Waals surface area contributed by atoms with Crippen molar-refractivity contribution in [3.05, 3.63) is 28.5 Å². The van der Waals surface area contributed by atoms with Gasteiger partial charge in [-0.25, -0.2) is 4.39 Å². The molecule has 0 atom stereocenters. The number of aromatic hydroxyl groups is 1. The number of hydrogen-bond acceptors (Lipinski definition) is 2. The molecular formula is C10H9ClFNO. The van der Waals surface area contributed by atoms with E-state index in [4.69, 9.17) is 22.0 Å². The van der Waals surface area contributed by atoms with Crippen LogP contribution >= 0.6 is 11.6 Å². The Labute approximate surface area is 86.5 Å². The summed E-state index contributed by atoms with van der Waals surface area (Å²) in [5, 5.41) is 18.1. The quantitative estimate of drug-likeness (QED) is 0.780. The van der Waals surface area contributed by atoms with E-state index >= 15 is 0 Å². The summed E-state index contributed by atoms with van der Waals surface area (Å²) in [6.07, 6.45) is 0. The molecular weight excluding hydrogens is 205 g/mol. The van der Waals surface area contributed by atoms with Gasteiger partial charge in [-0.1, -0.05) is 11.6 Å². The van der Waals surface area contributed by atoms with Crippen LogP contribution in [0.2, 0.25) is 5.02 Å². The highest BCUT2D eigenvalue weighted by Crippen LogP contribution is 2.35. The van der Waals surface area contributed by atoms with Gasteiger partial charge in [0, 0.05) is 10.6 Å². The van der Waals surface area contributed by atoms with Gasteiger partial charge in [0.2, 0.25) is 0 Å². The van der Waals surface area contributed by atoms with E-state index < -0.39 is 17.0 Å². The Bertz CT molecular complexity index is 409. The molecule has 0 unspecified atom stereocenters. The molecule has 0 heterocycles. The molecule has 1 rings (SSSR count). The molecule has 0 aliphatic carbocycles. The van der Waals surface area contributed by atoms with Crippen molar-refractivity contribution in [2.75, 3.05) is 0 Å². The Balaban J connectivity index is 3.49. The molecule has 0 saturated carbocycles. The maximum atomic E-state index is 13.5. The van der Waals surface area contributed by atoms with Crippen LogP contribution in [0.4, 0.5) is 4.39 Å². The van der Waals surface area contributed by atoms with E-state index in [0.717, 1.165) is 6.07 Å². The number of phenols is 1. The highest BCUT2D eigenvalue weighted by molar-refractivity contribution is 6.31. The van der Waals surface area contributed by atoms with Crippen LogP contribution in [0.5, 0.6) is 5.75 Å². The lowest BCUT2D eigenvalue weighted by molar-refractivity contribution is 0.422. The molecule has 0 fully saturated rings. The van der Waals surface area contributed by atoms with E-state index in [0.29, 0.717) is 0 Å². The molecule has 0 amide bonds. The van der Waals surface area contributed by atoms with E-state index in [1.165, 1.54) is 19.9 Å². The van der Waals surface area contributed by atoms with Gasteiger partial charge < -0.3 is 5.11 Å². The van der Waals surface area contributed by atoms with Crippen molar-refractivity contribution in [3.63, 3.8) is 0 Å².